The zero-order valence-electron chi connectivity index (χ0n) is 16.5. The Hall–Kier alpha value is -2.91. The van der Waals surface area contributed by atoms with Crippen LogP contribution in [-0.4, -0.2) is 39.8 Å². The Morgan fingerprint density at radius 3 is 2.50 bits per heavy atom. The topological polar surface area (TPSA) is 81.9 Å². The number of thioether (sulfide) groups is 1. The Bertz CT molecular complexity index is 1020. The molecule has 0 spiro atoms. The first-order valence-corrected chi connectivity index (χ1v) is 10.5. The molecule has 7 nitrogen and oxygen atoms in total. The average molecular weight is 445 g/mol. The first-order chi connectivity index (χ1) is 14.4. The Kier molecular flexibility index (Phi) is 7.07. The van der Waals surface area contributed by atoms with Gasteiger partial charge in [0.1, 0.15) is 29.0 Å². The number of thiocarbonyl (C=S) groups is 1. The highest BCUT2D eigenvalue weighted by molar-refractivity contribution is 8.26. The number of hydrogen-bond donors (Lipinski definition) is 0. The molecule has 3 rings (SSSR count). The normalized spacial score (nSPS) is 15.0. The summed E-state index contributed by atoms with van der Waals surface area (Å²) in [6.07, 6.45) is 1.58. The summed E-state index contributed by atoms with van der Waals surface area (Å²) >= 11 is 6.39. The lowest BCUT2D eigenvalue weighted by Crippen LogP contribution is -2.27. The number of rotatable bonds is 8. The standard InChI is InChI=1S/C21H20N2O5S2/c1-3-22-20(24)19(30-21(22)29)13-15-12-16(23(25)26)8-9-18(15)28-11-10-27-17-7-5-4-6-14(17)2/h4-9,12-13H,3,10-11H2,1-2H3/b19-13+. The van der Waals surface area contributed by atoms with Gasteiger partial charge < -0.3 is 9.47 Å². The molecule has 2 aromatic carbocycles. The van der Waals surface area contributed by atoms with E-state index in [1.165, 1.54) is 34.9 Å². The number of nitro benzene ring substituents is 1. The fourth-order valence-electron chi connectivity index (χ4n) is 2.83. The number of aryl methyl sites for hydroxylation is 1. The molecule has 0 unspecified atom stereocenters. The highest BCUT2D eigenvalue weighted by Gasteiger charge is 2.31. The number of nitrogens with zero attached hydrogens (tertiary/aromatic N) is 2. The lowest BCUT2D eigenvalue weighted by Gasteiger charge is -2.12. The first-order valence-electron chi connectivity index (χ1n) is 9.25. The van der Waals surface area contributed by atoms with Crippen LogP contribution in [0.4, 0.5) is 5.69 Å². The number of benzene rings is 2. The number of likely N-dealkylation sites (N-methyl/N-ethyl adjacent to an activating group) is 1. The monoisotopic (exact) mass is 444 g/mol. The molecule has 0 atom stereocenters. The highest BCUT2D eigenvalue weighted by atomic mass is 32.2. The molecular weight excluding hydrogens is 424 g/mol. The molecule has 30 heavy (non-hydrogen) atoms. The molecule has 1 fully saturated rings. The molecule has 0 aromatic heterocycles. The molecule has 1 saturated heterocycles. The van der Waals surface area contributed by atoms with Crippen LogP contribution in [0.3, 0.4) is 0 Å². The zero-order chi connectivity index (χ0) is 21.7. The smallest absolute Gasteiger partial charge is 0.270 e. The Morgan fingerprint density at radius 2 is 1.87 bits per heavy atom. The van der Waals surface area contributed by atoms with Crippen molar-refractivity contribution in [3.05, 3.63) is 68.6 Å². The molecule has 9 heteroatoms. The number of nitro groups is 1. The van der Waals surface area contributed by atoms with E-state index in [4.69, 9.17) is 21.7 Å². The minimum atomic E-state index is -0.486. The van der Waals surface area contributed by atoms with E-state index >= 15 is 0 Å². The summed E-state index contributed by atoms with van der Waals surface area (Å²) in [5, 5.41) is 11.2. The maximum Gasteiger partial charge on any atom is 0.270 e. The van der Waals surface area contributed by atoms with Crippen LogP contribution in [0.1, 0.15) is 18.1 Å². The third-order valence-corrected chi connectivity index (χ3v) is 5.75. The van der Waals surface area contributed by atoms with Crippen molar-refractivity contribution in [3.8, 4) is 11.5 Å². The molecule has 1 aliphatic rings. The van der Waals surface area contributed by atoms with Crippen molar-refractivity contribution in [2.24, 2.45) is 0 Å². The number of carbonyl (C=O) groups is 1. The van der Waals surface area contributed by atoms with Gasteiger partial charge in [-0.05, 0) is 37.6 Å². The number of amides is 1. The van der Waals surface area contributed by atoms with E-state index in [0.717, 1.165) is 11.3 Å². The molecule has 2 aromatic rings. The van der Waals surface area contributed by atoms with Gasteiger partial charge in [-0.3, -0.25) is 19.8 Å². The van der Waals surface area contributed by atoms with Crippen molar-refractivity contribution in [1.29, 1.82) is 0 Å². The molecule has 1 heterocycles. The summed E-state index contributed by atoms with van der Waals surface area (Å²) in [6.45, 7) is 4.81. The molecule has 0 saturated carbocycles. The minimum absolute atomic E-state index is 0.0873. The zero-order valence-corrected chi connectivity index (χ0v) is 18.1. The quantitative estimate of drug-likeness (QED) is 0.194. The van der Waals surface area contributed by atoms with Crippen LogP contribution in [0, 0.1) is 17.0 Å². The van der Waals surface area contributed by atoms with E-state index in [0.29, 0.717) is 33.7 Å². The summed E-state index contributed by atoms with van der Waals surface area (Å²) in [5.74, 6) is 0.983. The predicted octanol–water partition coefficient (Wildman–Crippen LogP) is 4.58. The minimum Gasteiger partial charge on any atom is -0.490 e. The fraction of sp³-hybridized carbons (Fsp3) is 0.238. The number of para-hydroxylation sites is 1. The van der Waals surface area contributed by atoms with Crippen LogP contribution >= 0.6 is 24.0 Å². The van der Waals surface area contributed by atoms with Crippen molar-refractivity contribution < 1.29 is 19.2 Å². The van der Waals surface area contributed by atoms with Crippen LogP contribution < -0.4 is 9.47 Å². The van der Waals surface area contributed by atoms with Gasteiger partial charge in [0.2, 0.25) is 0 Å². The van der Waals surface area contributed by atoms with Gasteiger partial charge in [0, 0.05) is 24.2 Å². The van der Waals surface area contributed by atoms with Gasteiger partial charge in [0.05, 0.1) is 9.83 Å². The largest absolute Gasteiger partial charge is 0.490 e. The van der Waals surface area contributed by atoms with Crippen molar-refractivity contribution in [2.45, 2.75) is 13.8 Å². The first kappa shape index (κ1) is 21.8. The number of carbonyl (C=O) groups excluding carboxylic acids is 1. The van der Waals surface area contributed by atoms with E-state index in [9.17, 15) is 14.9 Å². The second-order valence-electron chi connectivity index (χ2n) is 6.37. The van der Waals surface area contributed by atoms with E-state index < -0.39 is 4.92 Å². The van der Waals surface area contributed by atoms with E-state index in [1.807, 2.05) is 38.1 Å². The van der Waals surface area contributed by atoms with Gasteiger partial charge >= 0.3 is 0 Å². The molecule has 0 N–H and O–H groups in total. The summed E-state index contributed by atoms with van der Waals surface area (Å²) in [4.78, 5) is 25.1. The van der Waals surface area contributed by atoms with E-state index in [-0.39, 0.29) is 18.2 Å². The molecule has 156 valence electrons. The molecule has 1 amide bonds. The maximum atomic E-state index is 12.5. The van der Waals surface area contributed by atoms with Gasteiger partial charge in [-0.15, -0.1) is 0 Å². The fourth-order valence-corrected chi connectivity index (χ4v) is 4.20. The number of hydrogen-bond acceptors (Lipinski definition) is 7. The maximum absolute atomic E-state index is 12.5. The molecule has 1 aliphatic heterocycles. The van der Waals surface area contributed by atoms with E-state index in [1.54, 1.807) is 6.08 Å². The second-order valence-corrected chi connectivity index (χ2v) is 8.04. The van der Waals surface area contributed by atoms with Crippen LogP contribution in [-0.2, 0) is 4.79 Å². The highest BCUT2D eigenvalue weighted by Crippen LogP contribution is 2.35. The SMILES string of the molecule is CCN1C(=O)/C(=C\c2cc([N+](=O)[O-])ccc2OCCOc2ccccc2C)SC1=S. The molecule has 0 aliphatic carbocycles. The molecular formula is C21H20N2O5S2. The van der Waals surface area contributed by atoms with Crippen molar-refractivity contribution >= 4 is 46.0 Å². The van der Waals surface area contributed by atoms with Gasteiger partial charge in [0.15, 0.2) is 0 Å². The summed E-state index contributed by atoms with van der Waals surface area (Å²) in [6, 6.07) is 11.9. The Labute approximate surface area is 183 Å². The summed E-state index contributed by atoms with van der Waals surface area (Å²) < 4.78 is 12.0. The lowest BCUT2D eigenvalue weighted by atomic mass is 10.1. The van der Waals surface area contributed by atoms with Crippen LogP contribution in [0.15, 0.2) is 47.4 Å². The van der Waals surface area contributed by atoms with Gasteiger partial charge in [-0.2, -0.15) is 0 Å². The lowest BCUT2D eigenvalue weighted by molar-refractivity contribution is -0.384. The van der Waals surface area contributed by atoms with Gasteiger partial charge in [-0.25, -0.2) is 0 Å². The van der Waals surface area contributed by atoms with Crippen molar-refractivity contribution in [1.82, 2.24) is 4.90 Å². The van der Waals surface area contributed by atoms with Crippen LogP contribution in [0.2, 0.25) is 0 Å². The summed E-state index contributed by atoms with van der Waals surface area (Å²) in [5.41, 5.74) is 1.37. The van der Waals surface area contributed by atoms with Gasteiger partial charge in [-0.1, -0.05) is 42.2 Å². The van der Waals surface area contributed by atoms with Crippen molar-refractivity contribution in [2.75, 3.05) is 19.8 Å². The number of non-ortho nitro benzene ring substituents is 1. The molecule has 0 radical (unpaired) electrons. The van der Waals surface area contributed by atoms with Gasteiger partial charge in [0.25, 0.3) is 11.6 Å². The van der Waals surface area contributed by atoms with E-state index in [2.05, 4.69) is 0 Å². The average Bonchev–Trinajstić information content (AvgIpc) is 2.99. The van der Waals surface area contributed by atoms with Crippen molar-refractivity contribution in [3.63, 3.8) is 0 Å². The third-order valence-electron chi connectivity index (χ3n) is 4.37. The predicted molar refractivity (Wildman–Crippen MR) is 121 cm³/mol. The Morgan fingerprint density at radius 1 is 1.17 bits per heavy atom. The number of ether oxygens (including phenoxy) is 2. The van der Waals surface area contributed by atoms with Crippen LogP contribution in [0.5, 0.6) is 11.5 Å². The van der Waals surface area contributed by atoms with Crippen LogP contribution in [0.25, 0.3) is 6.08 Å². The second kappa shape index (κ2) is 9.73. The Balaban J connectivity index is 1.77. The molecule has 0 bridgehead atoms. The third kappa shape index (κ3) is 4.98. The summed E-state index contributed by atoms with van der Waals surface area (Å²) in [7, 11) is 0.